The molecule has 0 atom stereocenters. The van der Waals surface area contributed by atoms with E-state index in [1.807, 2.05) is 4.68 Å². The summed E-state index contributed by atoms with van der Waals surface area (Å²) in [6.45, 7) is 5.28. The average molecular weight is 180 g/mol. The first-order valence-corrected chi connectivity index (χ1v) is 4.77. The van der Waals surface area contributed by atoms with E-state index in [2.05, 4.69) is 18.9 Å². The molecule has 0 aliphatic heterocycles. The van der Waals surface area contributed by atoms with Crippen LogP contribution in [0.2, 0.25) is 0 Å². The molecule has 72 valence electrons. The van der Waals surface area contributed by atoms with Gasteiger partial charge < -0.3 is 0 Å². The van der Waals surface area contributed by atoms with Crippen LogP contribution in [-0.2, 0) is 6.54 Å². The van der Waals surface area contributed by atoms with Crippen LogP contribution in [0.5, 0.6) is 0 Å². The third-order valence-electron chi connectivity index (χ3n) is 2.39. The maximum Gasteiger partial charge on any atom is 0.153 e. The molecule has 1 aromatic rings. The van der Waals surface area contributed by atoms with Gasteiger partial charge in [0.25, 0.3) is 0 Å². The van der Waals surface area contributed by atoms with Crippen molar-refractivity contribution in [2.24, 2.45) is 5.92 Å². The highest BCUT2D eigenvalue weighted by molar-refractivity contribution is 5.73. The number of aldehydes is 1. The molecule has 13 heavy (non-hydrogen) atoms. The van der Waals surface area contributed by atoms with Crippen LogP contribution in [0.3, 0.4) is 0 Å². The lowest BCUT2D eigenvalue weighted by molar-refractivity contribution is 0.112. The molecule has 0 saturated carbocycles. The smallest absolute Gasteiger partial charge is 0.153 e. The van der Waals surface area contributed by atoms with Crippen molar-refractivity contribution in [3.63, 3.8) is 0 Å². The lowest BCUT2D eigenvalue weighted by atomic mass is 10.0. The Labute approximate surface area is 78.8 Å². The van der Waals surface area contributed by atoms with Crippen LogP contribution >= 0.6 is 0 Å². The molecule has 0 aliphatic rings. The molecule has 0 radical (unpaired) electrons. The van der Waals surface area contributed by atoms with Crippen molar-refractivity contribution in [3.05, 3.63) is 18.0 Å². The second-order valence-corrected chi connectivity index (χ2v) is 3.30. The topological polar surface area (TPSA) is 34.9 Å². The maximum absolute atomic E-state index is 10.4. The highest BCUT2D eigenvalue weighted by atomic mass is 16.1. The summed E-state index contributed by atoms with van der Waals surface area (Å²) in [7, 11) is 0. The Morgan fingerprint density at radius 2 is 2.23 bits per heavy atom. The fourth-order valence-corrected chi connectivity index (χ4v) is 1.35. The number of hydrogen-bond acceptors (Lipinski definition) is 2. The number of nitrogens with zero attached hydrogens (tertiary/aromatic N) is 2. The molecule has 0 spiro atoms. The van der Waals surface area contributed by atoms with E-state index in [-0.39, 0.29) is 0 Å². The van der Waals surface area contributed by atoms with Gasteiger partial charge in [-0.25, -0.2) is 0 Å². The molecule has 0 aromatic carbocycles. The molecule has 0 unspecified atom stereocenters. The van der Waals surface area contributed by atoms with Gasteiger partial charge in [0.05, 0.1) is 11.8 Å². The summed E-state index contributed by atoms with van der Waals surface area (Å²) in [5.74, 6) is 0.666. The normalized spacial score (nSPS) is 10.7. The lowest BCUT2D eigenvalue weighted by Gasteiger charge is -2.11. The zero-order valence-electron chi connectivity index (χ0n) is 8.23. The molecule has 0 saturated heterocycles. The van der Waals surface area contributed by atoms with Gasteiger partial charge in [-0.3, -0.25) is 9.48 Å². The van der Waals surface area contributed by atoms with Crippen molar-refractivity contribution in [1.82, 2.24) is 9.78 Å². The molecular weight excluding hydrogens is 164 g/mol. The SMILES string of the molecule is CCC(CC)Cn1cc(C=O)cn1. The van der Waals surface area contributed by atoms with Gasteiger partial charge in [-0.15, -0.1) is 0 Å². The first-order valence-electron chi connectivity index (χ1n) is 4.77. The molecule has 3 heteroatoms. The number of carbonyl (C=O) groups excluding carboxylic acids is 1. The first-order chi connectivity index (χ1) is 6.30. The molecule has 1 heterocycles. The van der Waals surface area contributed by atoms with Gasteiger partial charge >= 0.3 is 0 Å². The minimum absolute atomic E-state index is 0.658. The van der Waals surface area contributed by atoms with E-state index in [4.69, 9.17) is 0 Å². The van der Waals surface area contributed by atoms with E-state index in [0.717, 1.165) is 25.7 Å². The lowest BCUT2D eigenvalue weighted by Crippen LogP contribution is -2.09. The van der Waals surface area contributed by atoms with Crippen LogP contribution < -0.4 is 0 Å². The van der Waals surface area contributed by atoms with Gasteiger partial charge in [0, 0.05) is 12.7 Å². The Morgan fingerprint density at radius 3 is 2.69 bits per heavy atom. The third-order valence-corrected chi connectivity index (χ3v) is 2.39. The minimum atomic E-state index is 0.658. The molecule has 0 bridgehead atoms. The van der Waals surface area contributed by atoms with Crippen LogP contribution in [-0.4, -0.2) is 16.1 Å². The van der Waals surface area contributed by atoms with Crippen molar-refractivity contribution in [1.29, 1.82) is 0 Å². The summed E-state index contributed by atoms with van der Waals surface area (Å²) in [5.41, 5.74) is 0.658. The van der Waals surface area contributed by atoms with Crippen molar-refractivity contribution >= 4 is 6.29 Å². The Morgan fingerprint density at radius 1 is 1.54 bits per heavy atom. The van der Waals surface area contributed by atoms with E-state index in [1.165, 1.54) is 0 Å². The zero-order chi connectivity index (χ0) is 9.68. The number of carbonyl (C=O) groups is 1. The number of aromatic nitrogens is 2. The first kappa shape index (κ1) is 9.96. The summed E-state index contributed by atoms with van der Waals surface area (Å²) in [6, 6.07) is 0. The van der Waals surface area contributed by atoms with Crippen molar-refractivity contribution in [2.75, 3.05) is 0 Å². The minimum Gasteiger partial charge on any atom is -0.298 e. The summed E-state index contributed by atoms with van der Waals surface area (Å²) in [6.07, 6.45) is 6.55. The van der Waals surface area contributed by atoms with Crippen LogP contribution in [0.15, 0.2) is 12.4 Å². The fraction of sp³-hybridized carbons (Fsp3) is 0.600. The van der Waals surface area contributed by atoms with Crippen LogP contribution in [0.25, 0.3) is 0 Å². The van der Waals surface area contributed by atoms with E-state index in [1.54, 1.807) is 12.4 Å². The fourth-order valence-electron chi connectivity index (χ4n) is 1.35. The third kappa shape index (κ3) is 2.68. The van der Waals surface area contributed by atoms with Gasteiger partial charge in [0.2, 0.25) is 0 Å². The Bertz CT molecular complexity index is 264. The molecule has 1 rings (SSSR count). The number of rotatable bonds is 5. The largest absolute Gasteiger partial charge is 0.298 e. The predicted octanol–water partition coefficient (Wildman–Crippen LogP) is 2.13. The molecule has 0 fully saturated rings. The van der Waals surface area contributed by atoms with Crippen molar-refractivity contribution < 1.29 is 4.79 Å². The van der Waals surface area contributed by atoms with Crippen LogP contribution in [0.4, 0.5) is 0 Å². The zero-order valence-corrected chi connectivity index (χ0v) is 8.23. The van der Waals surface area contributed by atoms with Gasteiger partial charge in [-0.1, -0.05) is 26.7 Å². The summed E-state index contributed by atoms with van der Waals surface area (Å²) < 4.78 is 1.85. The van der Waals surface area contributed by atoms with E-state index in [0.29, 0.717) is 11.5 Å². The van der Waals surface area contributed by atoms with Gasteiger partial charge in [-0.05, 0) is 5.92 Å². The molecule has 0 aliphatic carbocycles. The molecule has 0 N–H and O–H groups in total. The monoisotopic (exact) mass is 180 g/mol. The number of hydrogen-bond donors (Lipinski definition) is 0. The molecule has 1 aromatic heterocycles. The average Bonchev–Trinajstić information content (AvgIpc) is 2.61. The highest BCUT2D eigenvalue weighted by Gasteiger charge is 2.05. The summed E-state index contributed by atoms with van der Waals surface area (Å²) >= 11 is 0. The Hall–Kier alpha value is -1.12. The quantitative estimate of drug-likeness (QED) is 0.650. The summed E-state index contributed by atoms with van der Waals surface area (Å²) in [5, 5.41) is 4.11. The molecular formula is C10H16N2O. The standard InChI is InChI=1S/C10H16N2O/c1-3-9(4-2)6-12-7-10(8-13)5-11-12/h5,7-9H,3-4,6H2,1-2H3. The predicted molar refractivity (Wildman–Crippen MR) is 51.7 cm³/mol. The molecule has 3 nitrogen and oxygen atoms in total. The molecule has 0 amide bonds. The van der Waals surface area contributed by atoms with Gasteiger partial charge in [-0.2, -0.15) is 5.10 Å². The van der Waals surface area contributed by atoms with Gasteiger partial charge in [0.15, 0.2) is 6.29 Å². The van der Waals surface area contributed by atoms with E-state index < -0.39 is 0 Å². The van der Waals surface area contributed by atoms with Crippen molar-refractivity contribution in [3.8, 4) is 0 Å². The second kappa shape index (κ2) is 4.80. The summed E-state index contributed by atoms with van der Waals surface area (Å²) in [4.78, 5) is 10.4. The second-order valence-electron chi connectivity index (χ2n) is 3.30. The highest BCUT2D eigenvalue weighted by Crippen LogP contribution is 2.10. The Balaban J connectivity index is 2.57. The van der Waals surface area contributed by atoms with E-state index in [9.17, 15) is 4.79 Å². The van der Waals surface area contributed by atoms with Crippen molar-refractivity contribution in [2.45, 2.75) is 33.2 Å². The van der Waals surface area contributed by atoms with Crippen LogP contribution in [0, 0.1) is 5.92 Å². The Kier molecular flexibility index (Phi) is 3.68. The van der Waals surface area contributed by atoms with Gasteiger partial charge in [0.1, 0.15) is 0 Å². The maximum atomic E-state index is 10.4. The van der Waals surface area contributed by atoms with E-state index >= 15 is 0 Å². The van der Waals surface area contributed by atoms with Crippen LogP contribution in [0.1, 0.15) is 37.0 Å².